The minimum absolute atomic E-state index is 0.210. The molecule has 0 spiro atoms. The Kier molecular flexibility index (Phi) is 6.01. The first kappa shape index (κ1) is 20.4. The van der Waals surface area contributed by atoms with Gasteiger partial charge in [0, 0.05) is 10.6 Å². The molecule has 1 heterocycles. The maximum absolute atomic E-state index is 12.7. The summed E-state index contributed by atoms with van der Waals surface area (Å²) in [5, 5.41) is 18.2. The van der Waals surface area contributed by atoms with Gasteiger partial charge in [-0.05, 0) is 66.6 Å². The molecule has 0 radical (unpaired) electrons. The van der Waals surface area contributed by atoms with Crippen molar-refractivity contribution >= 4 is 46.6 Å². The van der Waals surface area contributed by atoms with Gasteiger partial charge in [0.15, 0.2) is 0 Å². The van der Waals surface area contributed by atoms with E-state index >= 15 is 0 Å². The summed E-state index contributed by atoms with van der Waals surface area (Å²) in [6, 6.07) is 14.0. The molecule has 1 aliphatic rings. The van der Waals surface area contributed by atoms with Crippen molar-refractivity contribution in [2.24, 2.45) is 0 Å². The number of amides is 2. The van der Waals surface area contributed by atoms with E-state index in [1.54, 1.807) is 60.1 Å². The molecule has 30 heavy (non-hydrogen) atoms. The molecule has 2 amide bonds. The highest BCUT2D eigenvalue weighted by Crippen LogP contribution is 2.37. The van der Waals surface area contributed by atoms with Crippen molar-refractivity contribution in [3.05, 3.63) is 59.1 Å². The van der Waals surface area contributed by atoms with Crippen LogP contribution >= 0.6 is 23.4 Å². The number of nitrogens with one attached hydrogen (secondary N) is 2. The lowest BCUT2D eigenvalue weighted by molar-refractivity contribution is -0.115. The Labute approximate surface area is 182 Å². The average Bonchev–Trinajstić information content (AvgIpc) is 3.48. The lowest BCUT2D eigenvalue weighted by Gasteiger charge is -2.15. The molecule has 10 heteroatoms. The second-order valence-corrected chi connectivity index (χ2v) is 8.64. The molecule has 1 fully saturated rings. The van der Waals surface area contributed by atoms with Crippen molar-refractivity contribution in [3.8, 4) is 0 Å². The quantitative estimate of drug-likeness (QED) is 0.535. The molecular formula is C20H19ClN6O2S. The SMILES string of the molecule is CC(Sc1nnnn1C1CC1)C(=O)Nc1ccccc1NC(=O)c1ccc(Cl)cc1. The summed E-state index contributed by atoms with van der Waals surface area (Å²) in [5.74, 6) is -0.502. The van der Waals surface area contributed by atoms with E-state index in [1.165, 1.54) is 11.8 Å². The van der Waals surface area contributed by atoms with Crippen LogP contribution in [0.1, 0.15) is 36.2 Å². The highest BCUT2D eigenvalue weighted by atomic mass is 35.5. The Bertz CT molecular complexity index is 1070. The number of aromatic nitrogens is 4. The van der Waals surface area contributed by atoms with Crippen LogP contribution in [0.3, 0.4) is 0 Å². The molecule has 4 rings (SSSR count). The van der Waals surface area contributed by atoms with Crippen molar-refractivity contribution in [1.29, 1.82) is 0 Å². The van der Waals surface area contributed by atoms with E-state index in [1.807, 2.05) is 0 Å². The van der Waals surface area contributed by atoms with Gasteiger partial charge in [0.1, 0.15) is 0 Å². The van der Waals surface area contributed by atoms with Crippen molar-refractivity contribution in [2.45, 2.75) is 36.2 Å². The minimum atomic E-state index is -0.423. The van der Waals surface area contributed by atoms with E-state index in [-0.39, 0.29) is 11.8 Å². The zero-order valence-corrected chi connectivity index (χ0v) is 17.7. The van der Waals surface area contributed by atoms with Gasteiger partial charge >= 0.3 is 0 Å². The number of carbonyl (C=O) groups excluding carboxylic acids is 2. The number of anilines is 2. The summed E-state index contributed by atoms with van der Waals surface area (Å²) in [5.41, 5.74) is 1.49. The van der Waals surface area contributed by atoms with Crippen LogP contribution in [-0.2, 0) is 4.79 Å². The number of para-hydroxylation sites is 2. The average molecular weight is 443 g/mol. The molecule has 0 saturated heterocycles. The molecule has 2 aromatic carbocycles. The van der Waals surface area contributed by atoms with Gasteiger partial charge < -0.3 is 10.6 Å². The Morgan fingerprint density at radius 1 is 1.10 bits per heavy atom. The fraction of sp³-hybridized carbons (Fsp3) is 0.250. The van der Waals surface area contributed by atoms with Gasteiger partial charge in [-0.3, -0.25) is 9.59 Å². The normalized spacial score (nSPS) is 14.2. The third kappa shape index (κ3) is 4.80. The van der Waals surface area contributed by atoms with E-state index < -0.39 is 5.25 Å². The number of halogens is 1. The zero-order valence-electron chi connectivity index (χ0n) is 16.1. The molecule has 1 unspecified atom stereocenters. The Balaban J connectivity index is 1.42. The maximum atomic E-state index is 12.7. The number of nitrogens with zero attached hydrogens (tertiary/aromatic N) is 4. The first-order chi connectivity index (χ1) is 14.5. The van der Waals surface area contributed by atoms with Crippen LogP contribution in [-0.4, -0.2) is 37.3 Å². The fourth-order valence-corrected chi connectivity index (χ4v) is 3.74. The monoisotopic (exact) mass is 442 g/mol. The predicted molar refractivity (Wildman–Crippen MR) is 116 cm³/mol. The molecule has 1 aliphatic carbocycles. The molecule has 0 aliphatic heterocycles. The van der Waals surface area contributed by atoms with Crippen molar-refractivity contribution in [2.75, 3.05) is 10.6 Å². The zero-order chi connectivity index (χ0) is 21.1. The van der Waals surface area contributed by atoms with E-state index in [4.69, 9.17) is 11.6 Å². The summed E-state index contributed by atoms with van der Waals surface area (Å²) >= 11 is 7.18. The van der Waals surface area contributed by atoms with Crippen molar-refractivity contribution < 1.29 is 9.59 Å². The van der Waals surface area contributed by atoms with Crippen LogP contribution in [0.15, 0.2) is 53.7 Å². The predicted octanol–water partition coefficient (Wildman–Crippen LogP) is 4.03. The molecular weight excluding hydrogens is 424 g/mol. The highest BCUT2D eigenvalue weighted by molar-refractivity contribution is 8.00. The van der Waals surface area contributed by atoms with E-state index in [9.17, 15) is 9.59 Å². The second-order valence-electron chi connectivity index (χ2n) is 6.89. The van der Waals surface area contributed by atoms with E-state index in [0.29, 0.717) is 33.2 Å². The number of benzene rings is 2. The number of hydrogen-bond acceptors (Lipinski definition) is 6. The number of rotatable bonds is 7. The van der Waals surface area contributed by atoms with E-state index in [2.05, 4.69) is 26.2 Å². The fourth-order valence-electron chi connectivity index (χ4n) is 2.75. The lowest BCUT2D eigenvalue weighted by Crippen LogP contribution is -2.24. The maximum Gasteiger partial charge on any atom is 0.255 e. The summed E-state index contributed by atoms with van der Waals surface area (Å²) in [4.78, 5) is 25.3. The first-order valence-corrected chi connectivity index (χ1v) is 10.7. The van der Waals surface area contributed by atoms with Crippen LogP contribution in [0.4, 0.5) is 11.4 Å². The number of thioether (sulfide) groups is 1. The molecule has 1 aromatic heterocycles. The molecule has 2 N–H and O–H groups in total. The Morgan fingerprint density at radius 3 is 2.43 bits per heavy atom. The third-order valence-corrected chi connectivity index (χ3v) is 5.85. The van der Waals surface area contributed by atoms with Crippen molar-refractivity contribution in [3.63, 3.8) is 0 Å². The lowest BCUT2D eigenvalue weighted by atomic mass is 10.2. The minimum Gasteiger partial charge on any atom is -0.323 e. The van der Waals surface area contributed by atoms with Crippen molar-refractivity contribution in [1.82, 2.24) is 20.2 Å². The molecule has 154 valence electrons. The van der Waals surface area contributed by atoms with Crippen LogP contribution in [0.2, 0.25) is 5.02 Å². The Hall–Kier alpha value is -2.91. The third-order valence-electron chi connectivity index (χ3n) is 4.55. The molecule has 0 bridgehead atoms. The van der Waals surface area contributed by atoms with Gasteiger partial charge in [-0.2, -0.15) is 0 Å². The Morgan fingerprint density at radius 2 is 1.77 bits per heavy atom. The summed E-state index contributed by atoms with van der Waals surface area (Å²) in [6.45, 7) is 1.79. The first-order valence-electron chi connectivity index (χ1n) is 9.42. The van der Waals surface area contributed by atoms with Gasteiger partial charge in [0.05, 0.1) is 22.7 Å². The molecule has 1 atom stereocenters. The van der Waals surface area contributed by atoms with Gasteiger partial charge in [0.2, 0.25) is 11.1 Å². The topological polar surface area (TPSA) is 102 Å². The summed E-state index contributed by atoms with van der Waals surface area (Å²) in [6.07, 6.45) is 2.11. The summed E-state index contributed by atoms with van der Waals surface area (Å²) < 4.78 is 1.77. The largest absolute Gasteiger partial charge is 0.323 e. The second kappa shape index (κ2) is 8.85. The highest BCUT2D eigenvalue weighted by Gasteiger charge is 2.29. The van der Waals surface area contributed by atoms with Gasteiger partial charge in [-0.15, -0.1) is 5.10 Å². The molecule has 3 aromatic rings. The number of hydrogen-bond donors (Lipinski definition) is 2. The van der Waals surface area contributed by atoms with Crippen LogP contribution in [0.5, 0.6) is 0 Å². The van der Waals surface area contributed by atoms with Gasteiger partial charge in [-0.25, -0.2) is 4.68 Å². The summed E-state index contributed by atoms with van der Waals surface area (Å²) in [7, 11) is 0. The standard InChI is InChI=1S/C20H19ClN6O2S/c1-12(30-20-24-25-26-27(20)15-10-11-15)18(28)22-16-4-2-3-5-17(16)23-19(29)13-6-8-14(21)9-7-13/h2-9,12,15H,10-11H2,1H3,(H,22,28)(H,23,29). The number of carbonyl (C=O) groups is 2. The van der Waals surface area contributed by atoms with Gasteiger partial charge in [0.25, 0.3) is 5.91 Å². The van der Waals surface area contributed by atoms with E-state index in [0.717, 1.165) is 12.8 Å². The van der Waals surface area contributed by atoms with Gasteiger partial charge in [-0.1, -0.05) is 35.5 Å². The van der Waals surface area contributed by atoms with Crippen LogP contribution < -0.4 is 10.6 Å². The molecule has 1 saturated carbocycles. The van der Waals surface area contributed by atoms with Crippen LogP contribution in [0.25, 0.3) is 0 Å². The molecule has 8 nitrogen and oxygen atoms in total. The van der Waals surface area contributed by atoms with Crippen LogP contribution in [0, 0.1) is 0 Å². The smallest absolute Gasteiger partial charge is 0.255 e. The number of tetrazole rings is 1.